The summed E-state index contributed by atoms with van der Waals surface area (Å²) in [5.41, 5.74) is 5.64. The van der Waals surface area contributed by atoms with Gasteiger partial charge in [-0.05, 0) is 34.4 Å². The highest BCUT2D eigenvalue weighted by molar-refractivity contribution is 6.08. The average Bonchev–Trinajstić information content (AvgIpc) is 3.16. The molecule has 0 aliphatic heterocycles. The van der Waals surface area contributed by atoms with Crippen LogP contribution in [-0.4, -0.2) is 4.98 Å². The van der Waals surface area contributed by atoms with Gasteiger partial charge in [0.15, 0.2) is 0 Å². The summed E-state index contributed by atoms with van der Waals surface area (Å²) in [6, 6.07) is 23.9. The summed E-state index contributed by atoms with van der Waals surface area (Å²) in [4.78, 5) is 3.21. The van der Waals surface area contributed by atoms with Crippen LogP contribution in [0.25, 0.3) is 44.1 Å². The molecular formula is C24H17N. The molecule has 0 aliphatic carbocycles. The molecule has 0 atom stereocenters. The van der Waals surface area contributed by atoms with E-state index < -0.39 is 0 Å². The number of hydrogen-bond acceptors (Lipinski definition) is 0. The summed E-state index contributed by atoms with van der Waals surface area (Å²) in [5.74, 6) is 0. The molecule has 0 saturated carbocycles. The van der Waals surface area contributed by atoms with Crippen LogP contribution in [0.2, 0.25) is 0 Å². The van der Waals surface area contributed by atoms with Gasteiger partial charge in [-0.15, -0.1) is 0 Å². The molecule has 0 amide bonds. The first-order valence-corrected chi connectivity index (χ1v) is 8.23. The third kappa shape index (κ3) is 2.33. The van der Waals surface area contributed by atoms with Gasteiger partial charge in [0.25, 0.3) is 0 Å². The van der Waals surface area contributed by atoms with Crippen LogP contribution in [0.3, 0.4) is 0 Å². The van der Waals surface area contributed by atoms with E-state index in [0.29, 0.717) is 10.9 Å². The summed E-state index contributed by atoms with van der Waals surface area (Å²) >= 11 is 0. The zero-order valence-corrected chi connectivity index (χ0v) is 13.4. The predicted molar refractivity (Wildman–Crippen MR) is 107 cm³/mol. The molecular weight excluding hydrogens is 302 g/mol. The maximum atomic E-state index is 8.28. The van der Waals surface area contributed by atoms with Crippen molar-refractivity contribution in [3.63, 3.8) is 0 Å². The number of rotatable bonds is 2. The topological polar surface area (TPSA) is 15.8 Å². The van der Waals surface area contributed by atoms with Crippen molar-refractivity contribution in [3.8, 4) is 22.3 Å². The van der Waals surface area contributed by atoms with Crippen LogP contribution in [0.1, 0.15) is 5.48 Å². The van der Waals surface area contributed by atoms with Gasteiger partial charge in [-0.25, -0.2) is 0 Å². The van der Waals surface area contributed by atoms with Crippen molar-refractivity contribution in [2.45, 2.75) is 0 Å². The zero-order valence-electron chi connectivity index (χ0n) is 17.4. The second kappa shape index (κ2) is 5.64. The average molecular weight is 323 g/mol. The zero-order chi connectivity index (χ0) is 20.1. The van der Waals surface area contributed by atoms with Gasteiger partial charge in [-0.1, -0.05) is 84.9 Å². The Labute approximate surface area is 152 Å². The van der Waals surface area contributed by atoms with E-state index in [1.807, 2.05) is 48.5 Å². The Morgan fingerprint density at radius 1 is 0.600 bits per heavy atom. The lowest BCUT2D eigenvalue weighted by Crippen LogP contribution is -1.85. The van der Waals surface area contributed by atoms with Crippen LogP contribution in [0.15, 0.2) is 97.0 Å². The lowest BCUT2D eigenvalue weighted by atomic mass is 9.94. The number of fused-ring (bicyclic) bond motifs is 3. The van der Waals surface area contributed by atoms with Gasteiger partial charge >= 0.3 is 0 Å². The molecule has 25 heavy (non-hydrogen) atoms. The Morgan fingerprint density at radius 3 is 2.16 bits per heavy atom. The van der Waals surface area contributed by atoms with Crippen LogP contribution in [-0.2, 0) is 0 Å². The van der Waals surface area contributed by atoms with Crippen molar-refractivity contribution in [2.75, 3.05) is 0 Å². The fourth-order valence-electron chi connectivity index (χ4n) is 3.38. The van der Waals surface area contributed by atoms with Crippen molar-refractivity contribution in [1.82, 2.24) is 4.98 Å². The summed E-state index contributed by atoms with van der Waals surface area (Å²) < 4.78 is 32.4. The molecule has 118 valence electrons. The van der Waals surface area contributed by atoms with Crippen LogP contribution in [0, 0.1) is 0 Å². The fraction of sp³-hybridized carbons (Fsp3) is 0. The quantitative estimate of drug-likeness (QED) is 0.374. The number of H-pyrrole nitrogens is 1. The minimum atomic E-state index is -0.219. The number of hydrogen-bond donors (Lipinski definition) is 1. The molecule has 0 unspecified atom stereocenters. The maximum absolute atomic E-state index is 8.28. The first-order valence-electron chi connectivity index (χ1n) is 10.2. The van der Waals surface area contributed by atoms with Crippen LogP contribution < -0.4 is 0 Å². The first kappa shape index (κ1) is 10.5. The molecule has 1 heterocycles. The maximum Gasteiger partial charge on any atom is 0.0645 e. The van der Waals surface area contributed by atoms with Crippen molar-refractivity contribution < 1.29 is 5.48 Å². The largest absolute Gasteiger partial charge is 0.354 e. The summed E-state index contributed by atoms with van der Waals surface area (Å²) in [6.45, 7) is 0. The first-order chi connectivity index (χ1) is 14.1. The van der Waals surface area contributed by atoms with Crippen molar-refractivity contribution in [1.29, 1.82) is 0 Å². The van der Waals surface area contributed by atoms with Crippen LogP contribution in [0.4, 0.5) is 0 Å². The second-order valence-electron chi connectivity index (χ2n) is 6.05. The Kier molecular flexibility index (Phi) is 2.38. The van der Waals surface area contributed by atoms with Crippen LogP contribution in [0.5, 0.6) is 0 Å². The molecule has 1 N–H and O–H groups in total. The monoisotopic (exact) mass is 323 g/mol. The lowest BCUT2D eigenvalue weighted by molar-refractivity contribution is 1.54. The highest BCUT2D eigenvalue weighted by atomic mass is 14.7. The Morgan fingerprint density at radius 2 is 1.32 bits per heavy atom. The standard InChI is InChI=1S/C24H17N/c1-2-8-17(9-3-1)19-10-4-5-11-20(19)18-14-15-22-21-12-6-7-13-23(21)25-24(22)16-18/h1-16,25H/i6D,7D,12D,13D. The number of aromatic amines is 1. The van der Waals surface area contributed by atoms with E-state index in [1.54, 1.807) is 0 Å². The number of aromatic nitrogens is 1. The molecule has 1 aromatic heterocycles. The van der Waals surface area contributed by atoms with Gasteiger partial charge in [0, 0.05) is 21.8 Å². The van der Waals surface area contributed by atoms with Crippen molar-refractivity contribution in [2.24, 2.45) is 0 Å². The molecule has 0 radical (unpaired) electrons. The SMILES string of the molecule is [2H]c1c([2H])c([2H])c2c([nH]c3cc(-c4ccccc4-c4ccccc4)ccc32)c1[2H]. The number of nitrogens with one attached hydrogen (secondary N) is 1. The minimum Gasteiger partial charge on any atom is -0.354 e. The molecule has 5 rings (SSSR count). The highest BCUT2D eigenvalue weighted by Crippen LogP contribution is 2.34. The number of para-hydroxylation sites is 1. The van der Waals surface area contributed by atoms with E-state index in [9.17, 15) is 0 Å². The summed E-state index contributed by atoms with van der Waals surface area (Å²) in [5, 5.41) is 1.34. The third-order valence-corrected chi connectivity index (χ3v) is 4.56. The van der Waals surface area contributed by atoms with E-state index in [0.717, 1.165) is 33.2 Å². The molecule has 0 bridgehead atoms. The van der Waals surface area contributed by atoms with E-state index >= 15 is 0 Å². The Balaban J connectivity index is 1.77. The van der Waals surface area contributed by atoms with Gasteiger partial charge < -0.3 is 4.98 Å². The van der Waals surface area contributed by atoms with Gasteiger partial charge in [-0.3, -0.25) is 0 Å². The van der Waals surface area contributed by atoms with Crippen molar-refractivity contribution >= 4 is 21.8 Å². The molecule has 5 aromatic rings. The second-order valence-corrected chi connectivity index (χ2v) is 6.05. The van der Waals surface area contributed by atoms with E-state index in [2.05, 4.69) is 29.2 Å². The Hall–Kier alpha value is -3.32. The van der Waals surface area contributed by atoms with Crippen LogP contribution >= 0.6 is 0 Å². The predicted octanol–water partition coefficient (Wildman–Crippen LogP) is 6.66. The summed E-state index contributed by atoms with van der Waals surface area (Å²) in [6.07, 6.45) is 0. The molecule has 0 saturated heterocycles. The normalized spacial score (nSPS) is 13.4. The lowest BCUT2D eigenvalue weighted by Gasteiger charge is -2.10. The molecule has 1 heteroatoms. The van der Waals surface area contributed by atoms with Gasteiger partial charge in [0.05, 0.1) is 5.48 Å². The fourth-order valence-corrected chi connectivity index (χ4v) is 3.38. The van der Waals surface area contributed by atoms with Gasteiger partial charge in [0.2, 0.25) is 0 Å². The molecule has 0 aliphatic rings. The molecule has 4 aromatic carbocycles. The highest BCUT2D eigenvalue weighted by Gasteiger charge is 2.09. The summed E-state index contributed by atoms with van der Waals surface area (Å²) in [7, 11) is 0. The minimum absolute atomic E-state index is 0.00955. The Bertz CT molecular complexity index is 1390. The van der Waals surface area contributed by atoms with Crippen molar-refractivity contribution in [3.05, 3.63) is 97.0 Å². The van der Waals surface area contributed by atoms with Gasteiger partial charge in [-0.2, -0.15) is 0 Å². The number of benzene rings is 4. The van der Waals surface area contributed by atoms with E-state index in [-0.39, 0.29) is 24.2 Å². The van der Waals surface area contributed by atoms with E-state index in [1.165, 1.54) is 0 Å². The van der Waals surface area contributed by atoms with E-state index in [4.69, 9.17) is 5.48 Å². The smallest absolute Gasteiger partial charge is 0.0645 e. The molecule has 1 nitrogen and oxygen atoms in total. The molecule has 0 fully saturated rings. The third-order valence-electron chi connectivity index (χ3n) is 4.56. The van der Waals surface area contributed by atoms with Gasteiger partial charge in [0.1, 0.15) is 0 Å². The molecule has 0 spiro atoms.